The van der Waals surface area contributed by atoms with Gasteiger partial charge in [0.2, 0.25) is 0 Å². The van der Waals surface area contributed by atoms with Gasteiger partial charge in [-0.15, -0.1) is 0 Å². The van der Waals surface area contributed by atoms with Gasteiger partial charge in [-0.2, -0.15) is 0 Å². The Morgan fingerprint density at radius 1 is 0.857 bits per heavy atom. The van der Waals surface area contributed by atoms with Gasteiger partial charge in [0.15, 0.2) is 5.78 Å². The smallest absolute Gasteiger partial charge is 0.167 e. The molecule has 0 spiro atoms. The van der Waals surface area contributed by atoms with Gasteiger partial charge < -0.3 is 0 Å². The summed E-state index contributed by atoms with van der Waals surface area (Å²) in [6.45, 7) is 4.19. The Morgan fingerprint density at radius 3 is 1.81 bits per heavy atom. The van der Waals surface area contributed by atoms with E-state index in [2.05, 4.69) is 44.2 Å². The third-order valence-electron chi connectivity index (χ3n) is 4.37. The largest absolute Gasteiger partial charge is 0.294 e. The van der Waals surface area contributed by atoms with E-state index in [0.29, 0.717) is 0 Å². The maximum Gasteiger partial charge on any atom is 0.167 e. The van der Waals surface area contributed by atoms with E-state index in [1.807, 2.05) is 24.3 Å². The standard InChI is InChI=1S/C20H20O/c1-3-14(4-2)20(21)19-17-11-7-5-9-15(17)13-16-10-6-8-12-18(16)19/h5-14H,3-4H2,1-2H3. The minimum Gasteiger partial charge on any atom is -0.294 e. The Labute approximate surface area is 125 Å². The van der Waals surface area contributed by atoms with Gasteiger partial charge in [-0.05, 0) is 40.5 Å². The normalized spacial score (nSPS) is 11.4. The summed E-state index contributed by atoms with van der Waals surface area (Å²) in [5.41, 5.74) is 0.900. The topological polar surface area (TPSA) is 17.1 Å². The van der Waals surface area contributed by atoms with E-state index in [-0.39, 0.29) is 11.7 Å². The first kappa shape index (κ1) is 13.8. The van der Waals surface area contributed by atoms with Gasteiger partial charge in [-0.1, -0.05) is 62.4 Å². The van der Waals surface area contributed by atoms with Crippen LogP contribution in [0.15, 0.2) is 54.6 Å². The first-order valence-electron chi connectivity index (χ1n) is 7.71. The van der Waals surface area contributed by atoms with Gasteiger partial charge in [0, 0.05) is 11.5 Å². The van der Waals surface area contributed by atoms with E-state index < -0.39 is 0 Å². The molecule has 3 rings (SSSR count). The Morgan fingerprint density at radius 2 is 1.33 bits per heavy atom. The van der Waals surface area contributed by atoms with E-state index in [0.717, 1.165) is 39.9 Å². The molecular weight excluding hydrogens is 256 g/mol. The lowest BCUT2D eigenvalue weighted by Crippen LogP contribution is -2.14. The number of ketones is 1. The van der Waals surface area contributed by atoms with Crippen LogP contribution >= 0.6 is 0 Å². The molecule has 21 heavy (non-hydrogen) atoms. The van der Waals surface area contributed by atoms with Crippen molar-refractivity contribution in [2.75, 3.05) is 0 Å². The summed E-state index contributed by atoms with van der Waals surface area (Å²) in [6.07, 6.45) is 1.79. The minimum atomic E-state index is 0.110. The van der Waals surface area contributed by atoms with Gasteiger partial charge in [-0.3, -0.25) is 4.79 Å². The minimum absolute atomic E-state index is 0.110. The van der Waals surface area contributed by atoms with Crippen LogP contribution in [-0.4, -0.2) is 5.78 Å². The average molecular weight is 276 g/mol. The molecule has 0 saturated heterocycles. The second kappa shape index (κ2) is 5.69. The van der Waals surface area contributed by atoms with E-state index in [9.17, 15) is 4.79 Å². The zero-order valence-corrected chi connectivity index (χ0v) is 12.6. The molecule has 0 aliphatic carbocycles. The van der Waals surface area contributed by atoms with Gasteiger partial charge in [-0.25, -0.2) is 0 Å². The predicted octanol–water partition coefficient (Wildman–Crippen LogP) is 5.61. The highest BCUT2D eigenvalue weighted by Gasteiger charge is 2.21. The zero-order chi connectivity index (χ0) is 14.8. The molecule has 0 bridgehead atoms. The van der Waals surface area contributed by atoms with Crippen molar-refractivity contribution in [3.63, 3.8) is 0 Å². The van der Waals surface area contributed by atoms with E-state index >= 15 is 0 Å². The number of benzene rings is 3. The number of hydrogen-bond donors (Lipinski definition) is 0. The molecule has 0 amide bonds. The summed E-state index contributed by atoms with van der Waals surface area (Å²) in [4.78, 5) is 13.0. The quantitative estimate of drug-likeness (QED) is 0.447. The van der Waals surface area contributed by atoms with Crippen molar-refractivity contribution in [1.29, 1.82) is 0 Å². The zero-order valence-electron chi connectivity index (χ0n) is 12.6. The van der Waals surface area contributed by atoms with Crippen molar-refractivity contribution in [1.82, 2.24) is 0 Å². The van der Waals surface area contributed by atoms with Crippen molar-refractivity contribution in [3.05, 3.63) is 60.2 Å². The second-order valence-corrected chi connectivity index (χ2v) is 5.57. The molecule has 0 radical (unpaired) electrons. The maximum atomic E-state index is 13.0. The first-order chi connectivity index (χ1) is 10.3. The summed E-state index contributed by atoms with van der Waals surface area (Å²) in [5.74, 6) is 0.396. The van der Waals surface area contributed by atoms with Crippen molar-refractivity contribution in [2.45, 2.75) is 26.7 Å². The van der Waals surface area contributed by atoms with Crippen molar-refractivity contribution >= 4 is 27.3 Å². The van der Waals surface area contributed by atoms with Crippen molar-refractivity contribution < 1.29 is 4.79 Å². The highest BCUT2D eigenvalue weighted by Crippen LogP contribution is 2.31. The van der Waals surface area contributed by atoms with Crippen molar-refractivity contribution in [2.24, 2.45) is 5.92 Å². The molecule has 0 saturated carbocycles. The number of hydrogen-bond acceptors (Lipinski definition) is 1. The molecule has 0 aromatic heterocycles. The number of Topliss-reactive ketones (excluding diaryl/α,β-unsaturated/α-hetero) is 1. The molecular formula is C20H20O. The Hall–Kier alpha value is -2.15. The molecule has 0 fully saturated rings. The van der Waals surface area contributed by atoms with Crippen LogP contribution < -0.4 is 0 Å². The van der Waals surface area contributed by atoms with Gasteiger partial charge in [0.1, 0.15) is 0 Å². The van der Waals surface area contributed by atoms with E-state index in [4.69, 9.17) is 0 Å². The molecule has 0 N–H and O–H groups in total. The van der Waals surface area contributed by atoms with Crippen LogP contribution in [0, 0.1) is 5.92 Å². The van der Waals surface area contributed by atoms with Crippen LogP contribution in [0.3, 0.4) is 0 Å². The fourth-order valence-corrected chi connectivity index (χ4v) is 3.14. The van der Waals surface area contributed by atoms with Crippen LogP contribution in [0.2, 0.25) is 0 Å². The van der Waals surface area contributed by atoms with Crippen LogP contribution in [0.25, 0.3) is 21.5 Å². The molecule has 1 nitrogen and oxygen atoms in total. The third-order valence-corrected chi connectivity index (χ3v) is 4.37. The molecule has 0 atom stereocenters. The molecule has 3 aromatic carbocycles. The van der Waals surface area contributed by atoms with Crippen molar-refractivity contribution in [3.8, 4) is 0 Å². The first-order valence-corrected chi connectivity index (χ1v) is 7.71. The maximum absolute atomic E-state index is 13.0. The van der Waals surface area contributed by atoms with Gasteiger partial charge >= 0.3 is 0 Å². The fraction of sp³-hybridized carbons (Fsp3) is 0.250. The third kappa shape index (κ3) is 2.33. The highest BCUT2D eigenvalue weighted by atomic mass is 16.1. The number of fused-ring (bicyclic) bond motifs is 2. The van der Waals surface area contributed by atoms with Crippen LogP contribution in [0.5, 0.6) is 0 Å². The highest BCUT2D eigenvalue weighted by molar-refractivity contribution is 6.19. The average Bonchev–Trinajstić information content (AvgIpc) is 2.53. The summed E-state index contributed by atoms with van der Waals surface area (Å²) in [5, 5.41) is 4.44. The lowest BCUT2D eigenvalue weighted by molar-refractivity contribution is 0.0917. The SMILES string of the molecule is CCC(CC)C(=O)c1c2ccccc2cc2ccccc12. The summed E-state index contributed by atoms with van der Waals surface area (Å²) < 4.78 is 0. The van der Waals surface area contributed by atoms with E-state index in [1.54, 1.807) is 0 Å². The Kier molecular flexibility index (Phi) is 3.74. The Balaban J connectivity index is 2.37. The Bertz CT molecular complexity index is 743. The summed E-state index contributed by atoms with van der Waals surface area (Å²) >= 11 is 0. The van der Waals surface area contributed by atoms with Crippen LogP contribution in [-0.2, 0) is 0 Å². The molecule has 3 aromatic rings. The number of carbonyl (C=O) groups is 1. The summed E-state index contributed by atoms with van der Waals surface area (Å²) in [6, 6.07) is 18.6. The molecule has 0 unspecified atom stereocenters. The monoisotopic (exact) mass is 276 g/mol. The molecule has 1 heteroatoms. The van der Waals surface area contributed by atoms with Gasteiger partial charge in [0.25, 0.3) is 0 Å². The lowest BCUT2D eigenvalue weighted by atomic mass is 9.87. The fourth-order valence-electron chi connectivity index (χ4n) is 3.14. The number of rotatable bonds is 4. The summed E-state index contributed by atoms with van der Waals surface area (Å²) in [7, 11) is 0. The number of carbonyl (C=O) groups excluding carboxylic acids is 1. The molecule has 106 valence electrons. The predicted molar refractivity (Wildman–Crippen MR) is 89.9 cm³/mol. The second-order valence-electron chi connectivity index (χ2n) is 5.57. The van der Waals surface area contributed by atoms with Crippen LogP contribution in [0.1, 0.15) is 37.0 Å². The molecule has 0 aliphatic heterocycles. The van der Waals surface area contributed by atoms with E-state index in [1.165, 1.54) is 0 Å². The molecule has 0 aliphatic rings. The lowest BCUT2D eigenvalue weighted by Gasteiger charge is -2.15. The van der Waals surface area contributed by atoms with Gasteiger partial charge in [0.05, 0.1) is 0 Å². The molecule has 0 heterocycles. The van der Waals surface area contributed by atoms with Crippen LogP contribution in [0.4, 0.5) is 0 Å².